The van der Waals surface area contributed by atoms with Crippen molar-refractivity contribution in [2.75, 3.05) is 26.3 Å². The SMILES string of the molecule is C[C@H](CC[C@@H](C)N)N1CCOCC1. The Morgan fingerprint density at radius 3 is 2.38 bits per heavy atom. The van der Waals surface area contributed by atoms with Crippen LogP contribution < -0.4 is 5.73 Å². The molecule has 1 saturated heterocycles. The largest absolute Gasteiger partial charge is 0.379 e. The molecule has 0 aliphatic carbocycles. The van der Waals surface area contributed by atoms with Crippen molar-refractivity contribution < 1.29 is 4.74 Å². The van der Waals surface area contributed by atoms with Crippen molar-refractivity contribution in [3.05, 3.63) is 0 Å². The summed E-state index contributed by atoms with van der Waals surface area (Å²) >= 11 is 0. The van der Waals surface area contributed by atoms with E-state index < -0.39 is 0 Å². The van der Waals surface area contributed by atoms with Crippen LogP contribution in [0.25, 0.3) is 0 Å². The fraction of sp³-hybridized carbons (Fsp3) is 1.00. The number of ether oxygens (including phenoxy) is 1. The molecule has 1 rings (SSSR count). The fourth-order valence-corrected chi connectivity index (χ4v) is 1.70. The molecule has 1 aliphatic heterocycles. The van der Waals surface area contributed by atoms with Crippen LogP contribution in [-0.2, 0) is 4.74 Å². The van der Waals surface area contributed by atoms with E-state index in [2.05, 4.69) is 18.7 Å². The van der Waals surface area contributed by atoms with Gasteiger partial charge in [-0.1, -0.05) is 0 Å². The smallest absolute Gasteiger partial charge is 0.0594 e. The molecular formula is C10H22N2O. The van der Waals surface area contributed by atoms with Crippen LogP contribution in [0.3, 0.4) is 0 Å². The molecule has 1 fully saturated rings. The highest BCUT2D eigenvalue weighted by atomic mass is 16.5. The maximum absolute atomic E-state index is 5.73. The van der Waals surface area contributed by atoms with Crippen LogP contribution in [0.4, 0.5) is 0 Å². The molecule has 0 amide bonds. The second kappa shape index (κ2) is 5.58. The molecule has 0 radical (unpaired) electrons. The number of nitrogens with two attached hydrogens (primary N) is 1. The van der Waals surface area contributed by atoms with Crippen molar-refractivity contribution >= 4 is 0 Å². The second-order valence-corrected chi connectivity index (χ2v) is 4.05. The zero-order valence-corrected chi connectivity index (χ0v) is 8.83. The van der Waals surface area contributed by atoms with Gasteiger partial charge in [-0.25, -0.2) is 0 Å². The Hall–Kier alpha value is -0.120. The van der Waals surface area contributed by atoms with Crippen LogP contribution in [-0.4, -0.2) is 43.3 Å². The molecule has 0 saturated carbocycles. The van der Waals surface area contributed by atoms with E-state index in [1.165, 1.54) is 6.42 Å². The first-order valence-corrected chi connectivity index (χ1v) is 5.27. The van der Waals surface area contributed by atoms with Crippen LogP contribution in [0, 0.1) is 0 Å². The van der Waals surface area contributed by atoms with Gasteiger partial charge >= 0.3 is 0 Å². The number of hydrogen-bond donors (Lipinski definition) is 1. The fourth-order valence-electron chi connectivity index (χ4n) is 1.70. The molecule has 0 aromatic carbocycles. The summed E-state index contributed by atoms with van der Waals surface area (Å²) in [6.07, 6.45) is 2.33. The topological polar surface area (TPSA) is 38.5 Å². The number of nitrogens with zero attached hydrogens (tertiary/aromatic N) is 1. The zero-order valence-electron chi connectivity index (χ0n) is 8.83. The number of morpholine rings is 1. The highest BCUT2D eigenvalue weighted by Gasteiger charge is 2.16. The lowest BCUT2D eigenvalue weighted by molar-refractivity contribution is 0.0180. The average molecular weight is 186 g/mol. The third kappa shape index (κ3) is 4.07. The minimum Gasteiger partial charge on any atom is -0.379 e. The van der Waals surface area contributed by atoms with Crippen LogP contribution in [0.2, 0.25) is 0 Å². The average Bonchev–Trinajstić information content (AvgIpc) is 2.15. The van der Waals surface area contributed by atoms with Gasteiger partial charge < -0.3 is 10.5 Å². The maximum Gasteiger partial charge on any atom is 0.0594 e. The number of hydrogen-bond acceptors (Lipinski definition) is 3. The molecule has 2 N–H and O–H groups in total. The molecule has 3 heteroatoms. The molecule has 0 aromatic rings. The molecule has 78 valence electrons. The van der Waals surface area contributed by atoms with Crippen molar-refractivity contribution in [2.45, 2.75) is 38.8 Å². The third-order valence-corrected chi connectivity index (χ3v) is 2.71. The molecule has 2 atom stereocenters. The molecule has 1 heterocycles. The maximum atomic E-state index is 5.73. The van der Waals surface area contributed by atoms with Gasteiger partial charge in [-0.15, -0.1) is 0 Å². The van der Waals surface area contributed by atoms with Gasteiger partial charge in [0.2, 0.25) is 0 Å². The van der Waals surface area contributed by atoms with E-state index in [0.29, 0.717) is 12.1 Å². The minimum atomic E-state index is 0.337. The van der Waals surface area contributed by atoms with Crippen molar-refractivity contribution in [1.82, 2.24) is 4.90 Å². The van der Waals surface area contributed by atoms with Crippen LogP contribution in [0.15, 0.2) is 0 Å². The van der Waals surface area contributed by atoms with E-state index in [4.69, 9.17) is 10.5 Å². The highest BCUT2D eigenvalue weighted by molar-refractivity contribution is 4.71. The van der Waals surface area contributed by atoms with Crippen molar-refractivity contribution in [2.24, 2.45) is 5.73 Å². The first-order chi connectivity index (χ1) is 6.20. The van der Waals surface area contributed by atoms with Gasteiger partial charge in [0.05, 0.1) is 13.2 Å². The summed E-state index contributed by atoms with van der Waals surface area (Å²) in [6.45, 7) is 8.31. The Morgan fingerprint density at radius 1 is 1.23 bits per heavy atom. The Balaban J connectivity index is 2.17. The van der Waals surface area contributed by atoms with Crippen LogP contribution in [0.1, 0.15) is 26.7 Å². The first kappa shape index (κ1) is 11.0. The summed E-state index contributed by atoms with van der Waals surface area (Å²) in [5.41, 5.74) is 5.73. The minimum absolute atomic E-state index is 0.337. The van der Waals surface area contributed by atoms with Crippen molar-refractivity contribution in [1.29, 1.82) is 0 Å². The van der Waals surface area contributed by atoms with Gasteiger partial charge in [0.25, 0.3) is 0 Å². The standard InChI is InChI=1S/C10H22N2O/c1-9(11)3-4-10(2)12-5-7-13-8-6-12/h9-10H,3-8,11H2,1-2H3/t9-,10-/m1/s1. The molecule has 0 unspecified atom stereocenters. The lowest BCUT2D eigenvalue weighted by atomic mass is 10.1. The van der Waals surface area contributed by atoms with E-state index in [1.807, 2.05) is 0 Å². The predicted molar refractivity (Wildman–Crippen MR) is 54.7 cm³/mol. The summed E-state index contributed by atoms with van der Waals surface area (Å²) < 4.78 is 5.31. The van der Waals surface area contributed by atoms with Gasteiger partial charge in [0.15, 0.2) is 0 Å². The van der Waals surface area contributed by atoms with E-state index >= 15 is 0 Å². The molecule has 0 spiro atoms. The molecule has 0 bridgehead atoms. The number of rotatable bonds is 4. The zero-order chi connectivity index (χ0) is 9.68. The lowest BCUT2D eigenvalue weighted by Gasteiger charge is -2.32. The van der Waals surface area contributed by atoms with Gasteiger partial charge in [-0.2, -0.15) is 0 Å². The van der Waals surface area contributed by atoms with Crippen LogP contribution in [0.5, 0.6) is 0 Å². The molecular weight excluding hydrogens is 164 g/mol. The predicted octanol–water partition coefficient (Wildman–Crippen LogP) is 0.834. The summed E-state index contributed by atoms with van der Waals surface area (Å²) in [4.78, 5) is 2.49. The molecule has 3 nitrogen and oxygen atoms in total. The van der Waals surface area contributed by atoms with Crippen molar-refractivity contribution in [3.63, 3.8) is 0 Å². The molecule has 13 heavy (non-hydrogen) atoms. The Morgan fingerprint density at radius 2 is 1.85 bits per heavy atom. The van der Waals surface area contributed by atoms with Crippen molar-refractivity contribution in [3.8, 4) is 0 Å². The highest BCUT2D eigenvalue weighted by Crippen LogP contribution is 2.09. The van der Waals surface area contributed by atoms with Gasteiger partial charge in [-0.3, -0.25) is 4.90 Å². The van der Waals surface area contributed by atoms with E-state index in [9.17, 15) is 0 Å². The van der Waals surface area contributed by atoms with Gasteiger partial charge in [0, 0.05) is 25.2 Å². The molecule has 1 aliphatic rings. The van der Waals surface area contributed by atoms with E-state index in [-0.39, 0.29) is 0 Å². The lowest BCUT2D eigenvalue weighted by Crippen LogP contribution is -2.42. The summed E-state index contributed by atoms with van der Waals surface area (Å²) in [5, 5.41) is 0. The summed E-state index contributed by atoms with van der Waals surface area (Å²) in [6, 6.07) is 0.999. The Bertz CT molecular complexity index is 133. The Labute approximate surface area is 81.2 Å². The van der Waals surface area contributed by atoms with E-state index in [0.717, 1.165) is 32.7 Å². The normalized spacial score (nSPS) is 24.2. The van der Waals surface area contributed by atoms with E-state index in [1.54, 1.807) is 0 Å². The second-order valence-electron chi connectivity index (χ2n) is 4.05. The Kier molecular flexibility index (Phi) is 4.70. The summed E-state index contributed by atoms with van der Waals surface area (Å²) in [7, 11) is 0. The molecule has 0 aromatic heterocycles. The van der Waals surface area contributed by atoms with Gasteiger partial charge in [0.1, 0.15) is 0 Å². The van der Waals surface area contributed by atoms with Crippen LogP contribution >= 0.6 is 0 Å². The summed E-state index contributed by atoms with van der Waals surface area (Å²) in [5.74, 6) is 0. The van der Waals surface area contributed by atoms with Gasteiger partial charge in [-0.05, 0) is 26.7 Å². The first-order valence-electron chi connectivity index (χ1n) is 5.27. The third-order valence-electron chi connectivity index (χ3n) is 2.71. The quantitative estimate of drug-likeness (QED) is 0.707. The monoisotopic (exact) mass is 186 g/mol.